The van der Waals surface area contributed by atoms with Crippen molar-refractivity contribution in [3.05, 3.63) is 34.1 Å². The molecule has 1 aliphatic rings. The van der Waals surface area contributed by atoms with Gasteiger partial charge in [-0.05, 0) is 40.5 Å². The molecule has 2 atom stereocenters. The summed E-state index contributed by atoms with van der Waals surface area (Å²) >= 11 is 3.17. The third-order valence-corrected chi connectivity index (χ3v) is 4.35. The molecule has 1 amide bonds. The number of aliphatic hydroxyl groups is 1. The first-order valence-electron chi connectivity index (χ1n) is 5.76. The van der Waals surface area contributed by atoms with Gasteiger partial charge >= 0.3 is 0 Å². The molecule has 98 valence electrons. The second kappa shape index (κ2) is 4.63. The molecule has 0 bridgehead atoms. The van der Waals surface area contributed by atoms with E-state index in [4.69, 9.17) is 0 Å². The van der Waals surface area contributed by atoms with Crippen LogP contribution in [0.1, 0.15) is 30.6 Å². The number of carbonyl (C=O) groups is 1. The number of carbonyl (C=O) groups excluding carboxylic acids is 1. The van der Waals surface area contributed by atoms with Gasteiger partial charge in [0.05, 0.1) is 11.7 Å². The number of rotatable bonds is 2. The van der Waals surface area contributed by atoms with Crippen molar-refractivity contribution < 1.29 is 14.3 Å². The first-order valence-corrected chi connectivity index (χ1v) is 6.55. The number of hydrogen-bond donors (Lipinski definition) is 2. The molecular formula is C13H15BrFNO2. The molecule has 1 fully saturated rings. The maximum absolute atomic E-state index is 12.9. The normalized spacial score (nSPS) is 25.4. The zero-order valence-electron chi connectivity index (χ0n) is 10.2. The van der Waals surface area contributed by atoms with Gasteiger partial charge in [0, 0.05) is 15.9 Å². The van der Waals surface area contributed by atoms with E-state index < -0.39 is 5.82 Å². The molecule has 3 nitrogen and oxygen atoms in total. The van der Waals surface area contributed by atoms with Crippen LogP contribution in [0.4, 0.5) is 4.39 Å². The van der Waals surface area contributed by atoms with E-state index in [-0.39, 0.29) is 23.5 Å². The molecule has 2 N–H and O–H groups in total. The van der Waals surface area contributed by atoms with Crippen LogP contribution in [-0.2, 0) is 0 Å². The Morgan fingerprint density at radius 2 is 2.22 bits per heavy atom. The molecule has 0 saturated heterocycles. The Morgan fingerprint density at radius 3 is 2.72 bits per heavy atom. The topological polar surface area (TPSA) is 49.3 Å². The SMILES string of the molecule is CC1(C)C(O)CC1NC(=O)c1ccc(F)cc1Br. The summed E-state index contributed by atoms with van der Waals surface area (Å²) < 4.78 is 13.4. The lowest BCUT2D eigenvalue weighted by Gasteiger charge is -2.49. The molecule has 0 spiro atoms. The number of aliphatic hydroxyl groups excluding tert-OH is 1. The van der Waals surface area contributed by atoms with Gasteiger partial charge in [0.2, 0.25) is 0 Å². The van der Waals surface area contributed by atoms with E-state index >= 15 is 0 Å². The first kappa shape index (κ1) is 13.5. The van der Waals surface area contributed by atoms with Crippen molar-refractivity contribution in [1.82, 2.24) is 5.32 Å². The molecule has 0 radical (unpaired) electrons. The van der Waals surface area contributed by atoms with E-state index in [0.717, 1.165) is 0 Å². The van der Waals surface area contributed by atoms with Crippen LogP contribution in [0.15, 0.2) is 22.7 Å². The molecule has 1 saturated carbocycles. The third kappa shape index (κ3) is 2.29. The second-order valence-electron chi connectivity index (χ2n) is 5.22. The predicted octanol–water partition coefficient (Wildman–Crippen LogP) is 2.48. The van der Waals surface area contributed by atoms with Crippen molar-refractivity contribution in [3.8, 4) is 0 Å². The number of halogens is 2. The van der Waals surface area contributed by atoms with Crippen LogP contribution in [0, 0.1) is 11.2 Å². The molecule has 0 aromatic heterocycles. The molecule has 0 heterocycles. The Morgan fingerprint density at radius 1 is 1.56 bits per heavy atom. The van der Waals surface area contributed by atoms with Crippen LogP contribution in [0.5, 0.6) is 0 Å². The lowest BCUT2D eigenvalue weighted by molar-refractivity contribution is -0.0689. The van der Waals surface area contributed by atoms with Crippen molar-refractivity contribution in [3.63, 3.8) is 0 Å². The van der Waals surface area contributed by atoms with Crippen LogP contribution >= 0.6 is 15.9 Å². The number of amides is 1. The maximum Gasteiger partial charge on any atom is 0.252 e. The van der Waals surface area contributed by atoms with E-state index in [0.29, 0.717) is 16.5 Å². The third-order valence-electron chi connectivity index (χ3n) is 3.70. The number of benzene rings is 1. The Balaban J connectivity index is 2.09. The highest BCUT2D eigenvalue weighted by molar-refractivity contribution is 9.10. The van der Waals surface area contributed by atoms with Gasteiger partial charge < -0.3 is 10.4 Å². The number of nitrogens with one attached hydrogen (secondary N) is 1. The summed E-state index contributed by atoms with van der Waals surface area (Å²) in [5, 5.41) is 12.5. The molecule has 0 aliphatic heterocycles. The predicted molar refractivity (Wildman–Crippen MR) is 69.8 cm³/mol. The fourth-order valence-electron chi connectivity index (χ4n) is 2.06. The average Bonchev–Trinajstić information content (AvgIpc) is 2.28. The number of hydrogen-bond acceptors (Lipinski definition) is 2. The van der Waals surface area contributed by atoms with Gasteiger partial charge in [-0.25, -0.2) is 4.39 Å². The van der Waals surface area contributed by atoms with Crippen molar-refractivity contribution in [2.45, 2.75) is 32.4 Å². The molecular weight excluding hydrogens is 301 g/mol. The van der Waals surface area contributed by atoms with Gasteiger partial charge in [0.15, 0.2) is 0 Å². The highest BCUT2D eigenvalue weighted by Crippen LogP contribution is 2.40. The lowest BCUT2D eigenvalue weighted by atomic mass is 9.64. The van der Waals surface area contributed by atoms with E-state index in [1.54, 1.807) is 0 Å². The Hall–Kier alpha value is -0.940. The summed E-state index contributed by atoms with van der Waals surface area (Å²) in [4.78, 5) is 12.0. The smallest absolute Gasteiger partial charge is 0.252 e. The molecule has 2 unspecified atom stereocenters. The van der Waals surface area contributed by atoms with Gasteiger partial charge in [-0.3, -0.25) is 4.79 Å². The van der Waals surface area contributed by atoms with Gasteiger partial charge in [-0.2, -0.15) is 0 Å². The van der Waals surface area contributed by atoms with E-state index in [1.165, 1.54) is 18.2 Å². The minimum atomic E-state index is -0.391. The van der Waals surface area contributed by atoms with Crippen LogP contribution in [0.25, 0.3) is 0 Å². The quantitative estimate of drug-likeness (QED) is 0.881. The highest BCUT2D eigenvalue weighted by Gasteiger charge is 2.48. The first-order chi connectivity index (χ1) is 8.32. The average molecular weight is 316 g/mol. The zero-order valence-corrected chi connectivity index (χ0v) is 11.8. The summed E-state index contributed by atoms with van der Waals surface area (Å²) in [5.41, 5.74) is 0.0795. The van der Waals surface area contributed by atoms with Gasteiger partial charge in [0.25, 0.3) is 5.91 Å². The van der Waals surface area contributed by atoms with E-state index in [9.17, 15) is 14.3 Å². The van der Waals surface area contributed by atoms with Crippen molar-refractivity contribution in [2.75, 3.05) is 0 Å². The lowest BCUT2D eigenvalue weighted by Crippen LogP contribution is -2.61. The fraction of sp³-hybridized carbons (Fsp3) is 0.462. The summed E-state index contributed by atoms with van der Waals surface area (Å²) in [5.74, 6) is -0.648. The summed E-state index contributed by atoms with van der Waals surface area (Å²) in [6, 6.07) is 3.89. The monoisotopic (exact) mass is 315 g/mol. The van der Waals surface area contributed by atoms with Crippen molar-refractivity contribution >= 4 is 21.8 Å². The second-order valence-corrected chi connectivity index (χ2v) is 6.08. The van der Waals surface area contributed by atoms with Gasteiger partial charge in [-0.1, -0.05) is 13.8 Å². The minimum Gasteiger partial charge on any atom is -0.392 e. The van der Waals surface area contributed by atoms with Crippen LogP contribution in [0.3, 0.4) is 0 Å². The minimum absolute atomic E-state index is 0.0584. The largest absolute Gasteiger partial charge is 0.392 e. The van der Waals surface area contributed by atoms with Gasteiger partial charge in [-0.15, -0.1) is 0 Å². The standard InChI is InChI=1S/C13H15BrFNO2/c1-13(2)10(6-11(13)17)16-12(18)8-4-3-7(15)5-9(8)14/h3-5,10-11,17H,6H2,1-2H3,(H,16,18). The molecule has 18 heavy (non-hydrogen) atoms. The fourth-order valence-corrected chi connectivity index (χ4v) is 2.59. The Bertz CT molecular complexity index is 490. The molecule has 1 aromatic carbocycles. The maximum atomic E-state index is 12.9. The van der Waals surface area contributed by atoms with E-state index in [2.05, 4.69) is 21.2 Å². The Kier molecular flexibility index (Phi) is 3.47. The Labute approximate surface area is 114 Å². The van der Waals surface area contributed by atoms with Crippen LogP contribution in [0.2, 0.25) is 0 Å². The molecule has 1 aliphatic carbocycles. The molecule has 5 heteroatoms. The highest BCUT2D eigenvalue weighted by atomic mass is 79.9. The summed E-state index contributed by atoms with van der Waals surface area (Å²) in [7, 11) is 0. The summed E-state index contributed by atoms with van der Waals surface area (Å²) in [6.07, 6.45) is 0.164. The van der Waals surface area contributed by atoms with Crippen molar-refractivity contribution in [2.24, 2.45) is 5.41 Å². The van der Waals surface area contributed by atoms with E-state index in [1.807, 2.05) is 13.8 Å². The zero-order chi connectivity index (χ0) is 13.5. The van der Waals surface area contributed by atoms with Crippen LogP contribution < -0.4 is 5.32 Å². The van der Waals surface area contributed by atoms with Gasteiger partial charge in [0.1, 0.15) is 5.82 Å². The van der Waals surface area contributed by atoms with Crippen molar-refractivity contribution in [1.29, 1.82) is 0 Å². The molecule has 1 aromatic rings. The van der Waals surface area contributed by atoms with Crippen LogP contribution in [-0.4, -0.2) is 23.2 Å². The summed E-state index contributed by atoms with van der Waals surface area (Å²) in [6.45, 7) is 3.82. The molecule has 2 rings (SSSR count).